The molecule has 0 spiro atoms. The number of amides is 1. The summed E-state index contributed by atoms with van der Waals surface area (Å²) in [5, 5.41) is 12.4. The van der Waals surface area contributed by atoms with Gasteiger partial charge in [0, 0.05) is 23.1 Å². The summed E-state index contributed by atoms with van der Waals surface area (Å²) in [5.41, 5.74) is 3.09. The molecule has 0 fully saturated rings. The number of furan rings is 1. The Morgan fingerprint density at radius 1 is 0.933 bits per heavy atom. The summed E-state index contributed by atoms with van der Waals surface area (Å²) in [4.78, 5) is 23.1. The van der Waals surface area contributed by atoms with Crippen molar-refractivity contribution in [2.75, 3.05) is 6.61 Å². The maximum absolute atomic E-state index is 12.5. The first-order valence-corrected chi connectivity index (χ1v) is 9.39. The van der Waals surface area contributed by atoms with Crippen molar-refractivity contribution in [1.29, 1.82) is 0 Å². The second kappa shape index (κ2) is 8.53. The normalized spacial score (nSPS) is 10.7. The predicted molar refractivity (Wildman–Crippen MR) is 112 cm³/mol. The molecular weight excluding hydrogens is 382 g/mol. The maximum atomic E-state index is 12.5. The largest absolute Gasteiger partial charge is 0.482 e. The molecule has 1 aromatic heterocycles. The van der Waals surface area contributed by atoms with Gasteiger partial charge in [0.05, 0.1) is 0 Å². The number of rotatable bonds is 7. The number of aliphatic carboxylic acids is 1. The van der Waals surface area contributed by atoms with Gasteiger partial charge in [-0.15, -0.1) is 0 Å². The third kappa shape index (κ3) is 4.50. The van der Waals surface area contributed by atoms with Crippen LogP contribution in [-0.2, 0) is 11.3 Å². The molecule has 6 heteroatoms. The molecule has 0 radical (unpaired) electrons. The highest BCUT2D eigenvalue weighted by molar-refractivity contribution is 5.98. The Kier molecular flexibility index (Phi) is 5.48. The van der Waals surface area contributed by atoms with Crippen molar-refractivity contribution in [2.45, 2.75) is 6.54 Å². The summed E-state index contributed by atoms with van der Waals surface area (Å²) >= 11 is 0. The Hall–Kier alpha value is -4.06. The summed E-state index contributed by atoms with van der Waals surface area (Å²) in [6.45, 7) is 0.0732. The number of carbonyl (C=O) groups is 2. The van der Waals surface area contributed by atoms with E-state index in [1.54, 1.807) is 42.5 Å². The number of benzene rings is 3. The Morgan fingerprint density at radius 3 is 2.43 bits per heavy atom. The first-order valence-electron chi connectivity index (χ1n) is 9.39. The highest BCUT2D eigenvalue weighted by atomic mass is 16.5. The Morgan fingerprint density at radius 2 is 1.70 bits per heavy atom. The van der Waals surface area contributed by atoms with Crippen molar-refractivity contribution in [2.24, 2.45) is 0 Å². The van der Waals surface area contributed by atoms with Crippen molar-refractivity contribution in [3.63, 3.8) is 0 Å². The summed E-state index contributed by atoms with van der Waals surface area (Å²) in [5.74, 6) is -0.0605. The number of carbonyl (C=O) groups excluding carboxylic acids is 1. The molecular formula is C24H19NO5. The first-order chi connectivity index (χ1) is 14.6. The zero-order chi connectivity index (χ0) is 20.9. The van der Waals surface area contributed by atoms with Crippen LogP contribution < -0.4 is 10.1 Å². The zero-order valence-electron chi connectivity index (χ0n) is 16.0. The summed E-state index contributed by atoms with van der Waals surface area (Å²) < 4.78 is 11.0. The zero-order valence-corrected chi connectivity index (χ0v) is 16.0. The van der Waals surface area contributed by atoms with Gasteiger partial charge in [0.2, 0.25) is 0 Å². The third-order valence-corrected chi connectivity index (χ3v) is 4.58. The van der Waals surface area contributed by atoms with E-state index in [0.29, 0.717) is 29.2 Å². The van der Waals surface area contributed by atoms with Crippen LogP contribution in [-0.4, -0.2) is 23.6 Å². The van der Waals surface area contributed by atoms with Gasteiger partial charge in [0.1, 0.15) is 17.1 Å². The van der Waals surface area contributed by atoms with Crippen LogP contribution >= 0.6 is 0 Å². The number of fused-ring (bicyclic) bond motifs is 1. The van der Waals surface area contributed by atoms with E-state index in [0.717, 1.165) is 16.5 Å². The minimum Gasteiger partial charge on any atom is -0.482 e. The smallest absolute Gasteiger partial charge is 0.341 e. The van der Waals surface area contributed by atoms with Crippen molar-refractivity contribution in [3.8, 4) is 17.1 Å². The fraction of sp³-hybridized carbons (Fsp3) is 0.0833. The van der Waals surface area contributed by atoms with Crippen LogP contribution in [0.3, 0.4) is 0 Å². The second-order valence-corrected chi connectivity index (χ2v) is 6.74. The molecule has 0 aliphatic carbocycles. The Balaban J connectivity index is 1.48. The highest BCUT2D eigenvalue weighted by Gasteiger charge is 2.11. The monoisotopic (exact) mass is 401 g/mol. The lowest BCUT2D eigenvalue weighted by atomic mass is 10.1. The van der Waals surface area contributed by atoms with Gasteiger partial charge in [-0.3, -0.25) is 4.79 Å². The van der Waals surface area contributed by atoms with Crippen LogP contribution in [0.25, 0.3) is 22.3 Å². The average Bonchev–Trinajstić information content (AvgIpc) is 3.20. The molecule has 0 aliphatic heterocycles. The molecule has 1 amide bonds. The standard InChI is InChI=1S/C24H19NO5/c26-23(27)15-29-20-9-6-17(7-10-20)22-13-19-12-18(8-11-21(19)30-22)24(28)25-14-16-4-2-1-3-5-16/h1-13H,14-15H2,(H,25,28)(H,26,27). The van der Waals surface area contributed by atoms with Gasteiger partial charge in [-0.05, 0) is 54.1 Å². The number of ether oxygens (including phenoxy) is 1. The molecule has 4 rings (SSSR count). The lowest BCUT2D eigenvalue weighted by Gasteiger charge is -2.05. The van der Waals surface area contributed by atoms with Crippen LogP contribution in [0, 0.1) is 0 Å². The van der Waals surface area contributed by atoms with Crippen LogP contribution in [0.5, 0.6) is 5.75 Å². The topological polar surface area (TPSA) is 88.8 Å². The van der Waals surface area contributed by atoms with Gasteiger partial charge >= 0.3 is 5.97 Å². The summed E-state index contributed by atoms with van der Waals surface area (Å²) in [6.07, 6.45) is 0. The van der Waals surface area contributed by atoms with E-state index in [2.05, 4.69) is 5.32 Å². The lowest BCUT2D eigenvalue weighted by molar-refractivity contribution is -0.139. The maximum Gasteiger partial charge on any atom is 0.341 e. The second-order valence-electron chi connectivity index (χ2n) is 6.74. The molecule has 3 aromatic carbocycles. The quantitative estimate of drug-likeness (QED) is 0.476. The molecule has 6 nitrogen and oxygen atoms in total. The van der Waals surface area contributed by atoms with Gasteiger partial charge in [-0.25, -0.2) is 4.79 Å². The van der Waals surface area contributed by atoms with Crippen LogP contribution in [0.4, 0.5) is 0 Å². The lowest BCUT2D eigenvalue weighted by Crippen LogP contribution is -2.22. The molecule has 4 aromatic rings. The van der Waals surface area contributed by atoms with Gasteiger partial charge < -0.3 is 19.6 Å². The predicted octanol–water partition coefficient (Wildman–Crippen LogP) is 4.49. The van der Waals surface area contributed by atoms with Crippen molar-refractivity contribution >= 4 is 22.8 Å². The van der Waals surface area contributed by atoms with E-state index in [-0.39, 0.29) is 12.5 Å². The number of hydrogen-bond acceptors (Lipinski definition) is 4. The minimum absolute atomic E-state index is 0.150. The first kappa shape index (κ1) is 19.3. The number of carboxylic acids is 1. The fourth-order valence-electron chi connectivity index (χ4n) is 3.07. The fourth-order valence-corrected chi connectivity index (χ4v) is 3.07. The number of hydrogen-bond donors (Lipinski definition) is 2. The van der Waals surface area contributed by atoms with Crippen LogP contribution in [0.15, 0.2) is 83.3 Å². The molecule has 30 heavy (non-hydrogen) atoms. The molecule has 2 N–H and O–H groups in total. The Labute approximate surface area is 172 Å². The van der Waals surface area contributed by atoms with E-state index in [9.17, 15) is 9.59 Å². The van der Waals surface area contributed by atoms with E-state index in [1.807, 2.05) is 36.4 Å². The van der Waals surface area contributed by atoms with E-state index in [1.165, 1.54) is 0 Å². The molecule has 0 bridgehead atoms. The number of nitrogens with one attached hydrogen (secondary N) is 1. The molecule has 0 saturated carbocycles. The third-order valence-electron chi connectivity index (χ3n) is 4.58. The van der Waals surface area contributed by atoms with Crippen molar-refractivity contribution < 1.29 is 23.8 Å². The SMILES string of the molecule is O=C(O)COc1ccc(-c2cc3cc(C(=O)NCc4ccccc4)ccc3o2)cc1. The van der Waals surface area contributed by atoms with Crippen LogP contribution in [0.2, 0.25) is 0 Å². The molecule has 0 unspecified atom stereocenters. The van der Waals surface area contributed by atoms with Gasteiger partial charge in [-0.1, -0.05) is 30.3 Å². The highest BCUT2D eigenvalue weighted by Crippen LogP contribution is 2.29. The summed E-state index contributed by atoms with van der Waals surface area (Å²) in [7, 11) is 0. The van der Waals surface area contributed by atoms with Crippen LogP contribution in [0.1, 0.15) is 15.9 Å². The molecule has 150 valence electrons. The van der Waals surface area contributed by atoms with Crippen molar-refractivity contribution in [3.05, 3.63) is 90.0 Å². The molecule has 1 heterocycles. The van der Waals surface area contributed by atoms with Gasteiger partial charge in [-0.2, -0.15) is 0 Å². The number of carboxylic acid groups (broad SMARTS) is 1. The van der Waals surface area contributed by atoms with E-state index < -0.39 is 5.97 Å². The Bertz CT molecular complexity index is 1180. The van der Waals surface area contributed by atoms with Gasteiger partial charge in [0.25, 0.3) is 5.91 Å². The average molecular weight is 401 g/mol. The molecule has 0 saturated heterocycles. The molecule has 0 aliphatic rings. The summed E-state index contributed by atoms with van der Waals surface area (Å²) in [6, 6.07) is 23.9. The van der Waals surface area contributed by atoms with E-state index in [4.69, 9.17) is 14.3 Å². The minimum atomic E-state index is -1.03. The molecule has 0 atom stereocenters. The van der Waals surface area contributed by atoms with Crippen molar-refractivity contribution in [1.82, 2.24) is 5.32 Å². The van der Waals surface area contributed by atoms with Gasteiger partial charge in [0.15, 0.2) is 6.61 Å². The van der Waals surface area contributed by atoms with E-state index >= 15 is 0 Å².